The van der Waals surface area contributed by atoms with E-state index in [1.807, 2.05) is 0 Å². The van der Waals surface area contributed by atoms with Crippen LogP contribution in [-0.4, -0.2) is 50.3 Å². The maximum Gasteiger partial charge on any atom is 0.254 e. The molecule has 0 aliphatic carbocycles. The van der Waals surface area contributed by atoms with E-state index in [9.17, 15) is 9.18 Å². The summed E-state index contributed by atoms with van der Waals surface area (Å²) in [5.74, 6) is -0.586. The van der Waals surface area contributed by atoms with Gasteiger partial charge in [-0.3, -0.25) is 4.79 Å². The summed E-state index contributed by atoms with van der Waals surface area (Å²) in [5.41, 5.74) is 0.359. The molecular formula is C13H16FNO3. The number of carbonyl (C=O) groups is 1. The molecule has 1 aliphatic heterocycles. The van der Waals surface area contributed by atoms with Gasteiger partial charge in [0.25, 0.3) is 5.91 Å². The largest absolute Gasteiger partial charge is 0.382 e. The number of rotatable bonds is 3. The van der Waals surface area contributed by atoms with E-state index in [2.05, 4.69) is 0 Å². The maximum absolute atomic E-state index is 13.1. The number of nitrogens with zero attached hydrogens (tertiary/aromatic N) is 1. The summed E-state index contributed by atoms with van der Waals surface area (Å²) in [6.07, 6.45) is 0. The molecule has 1 aliphatic rings. The van der Waals surface area contributed by atoms with Gasteiger partial charge in [-0.2, -0.15) is 0 Å². The van der Waals surface area contributed by atoms with Crippen molar-refractivity contribution < 1.29 is 18.7 Å². The molecule has 5 heteroatoms. The molecule has 1 unspecified atom stereocenters. The number of benzene rings is 1. The molecule has 1 saturated heterocycles. The minimum absolute atomic E-state index is 0.112. The Morgan fingerprint density at radius 3 is 3.17 bits per heavy atom. The molecule has 1 aromatic carbocycles. The summed E-state index contributed by atoms with van der Waals surface area (Å²) in [7, 11) is 1.58. The van der Waals surface area contributed by atoms with Crippen LogP contribution in [0.2, 0.25) is 0 Å². The van der Waals surface area contributed by atoms with Crippen LogP contribution in [0.4, 0.5) is 4.39 Å². The zero-order valence-electron chi connectivity index (χ0n) is 10.3. The lowest BCUT2D eigenvalue weighted by atomic mass is 10.1. The lowest BCUT2D eigenvalue weighted by Gasteiger charge is -2.35. The molecular weight excluding hydrogens is 237 g/mol. The highest BCUT2D eigenvalue weighted by molar-refractivity contribution is 5.94. The van der Waals surface area contributed by atoms with Crippen molar-refractivity contribution in [1.29, 1.82) is 0 Å². The third kappa shape index (κ3) is 2.86. The fourth-order valence-corrected chi connectivity index (χ4v) is 2.04. The first-order valence-corrected chi connectivity index (χ1v) is 5.85. The Morgan fingerprint density at radius 2 is 2.44 bits per heavy atom. The molecule has 1 fully saturated rings. The molecule has 0 bridgehead atoms. The summed E-state index contributed by atoms with van der Waals surface area (Å²) in [6, 6.07) is 5.61. The van der Waals surface area contributed by atoms with Gasteiger partial charge in [0.2, 0.25) is 0 Å². The molecule has 98 valence electrons. The van der Waals surface area contributed by atoms with Crippen LogP contribution < -0.4 is 0 Å². The minimum atomic E-state index is -0.405. The van der Waals surface area contributed by atoms with Gasteiger partial charge in [-0.25, -0.2) is 4.39 Å². The maximum atomic E-state index is 13.1. The Balaban J connectivity index is 2.15. The third-order valence-electron chi connectivity index (χ3n) is 2.92. The molecule has 1 aromatic rings. The predicted octanol–water partition coefficient (Wildman–Crippen LogP) is 1.31. The number of carbonyl (C=O) groups excluding carboxylic acids is 1. The smallest absolute Gasteiger partial charge is 0.254 e. The van der Waals surface area contributed by atoms with Crippen molar-refractivity contribution in [2.75, 3.05) is 33.5 Å². The molecule has 2 rings (SSSR count). The van der Waals surface area contributed by atoms with Crippen molar-refractivity contribution >= 4 is 5.91 Å². The van der Waals surface area contributed by atoms with Gasteiger partial charge >= 0.3 is 0 Å². The van der Waals surface area contributed by atoms with Crippen LogP contribution in [0.1, 0.15) is 10.4 Å². The SMILES string of the molecule is COCC1COCCN1C(=O)c1cccc(F)c1. The van der Waals surface area contributed by atoms with Crippen molar-refractivity contribution in [1.82, 2.24) is 4.90 Å². The van der Waals surface area contributed by atoms with Gasteiger partial charge in [-0.05, 0) is 18.2 Å². The van der Waals surface area contributed by atoms with E-state index in [0.29, 0.717) is 31.9 Å². The molecule has 0 aromatic heterocycles. The molecule has 4 nitrogen and oxygen atoms in total. The Kier molecular flexibility index (Phi) is 4.28. The van der Waals surface area contributed by atoms with E-state index >= 15 is 0 Å². The van der Waals surface area contributed by atoms with Gasteiger partial charge in [0.05, 0.1) is 25.9 Å². The van der Waals surface area contributed by atoms with Gasteiger partial charge in [-0.1, -0.05) is 6.07 Å². The second-order valence-corrected chi connectivity index (χ2v) is 4.19. The van der Waals surface area contributed by atoms with Crippen LogP contribution >= 0.6 is 0 Å². The number of morpholine rings is 1. The van der Waals surface area contributed by atoms with Crippen LogP contribution in [0.15, 0.2) is 24.3 Å². The fourth-order valence-electron chi connectivity index (χ4n) is 2.04. The Hall–Kier alpha value is -1.46. The third-order valence-corrected chi connectivity index (χ3v) is 2.92. The zero-order valence-corrected chi connectivity index (χ0v) is 10.3. The van der Waals surface area contributed by atoms with Gasteiger partial charge < -0.3 is 14.4 Å². The molecule has 0 N–H and O–H groups in total. The van der Waals surface area contributed by atoms with Crippen molar-refractivity contribution in [3.05, 3.63) is 35.6 Å². The quantitative estimate of drug-likeness (QED) is 0.815. The lowest BCUT2D eigenvalue weighted by molar-refractivity contribution is -0.0251. The monoisotopic (exact) mass is 253 g/mol. The molecule has 0 radical (unpaired) electrons. The molecule has 18 heavy (non-hydrogen) atoms. The Morgan fingerprint density at radius 1 is 1.61 bits per heavy atom. The highest BCUT2D eigenvalue weighted by atomic mass is 19.1. The van der Waals surface area contributed by atoms with Crippen molar-refractivity contribution in [2.24, 2.45) is 0 Å². The second-order valence-electron chi connectivity index (χ2n) is 4.19. The summed E-state index contributed by atoms with van der Waals surface area (Å²) in [5, 5.41) is 0. The summed E-state index contributed by atoms with van der Waals surface area (Å²) in [6.45, 7) is 1.88. The second kappa shape index (κ2) is 5.93. The van der Waals surface area contributed by atoms with E-state index in [-0.39, 0.29) is 11.9 Å². The van der Waals surface area contributed by atoms with E-state index in [1.165, 1.54) is 18.2 Å². The van der Waals surface area contributed by atoms with Crippen molar-refractivity contribution in [3.8, 4) is 0 Å². The van der Waals surface area contributed by atoms with Gasteiger partial charge in [0.1, 0.15) is 5.82 Å². The zero-order chi connectivity index (χ0) is 13.0. The van der Waals surface area contributed by atoms with E-state index < -0.39 is 5.82 Å². The van der Waals surface area contributed by atoms with Crippen LogP contribution in [0.3, 0.4) is 0 Å². The summed E-state index contributed by atoms with van der Waals surface area (Å²) in [4.78, 5) is 14.0. The fraction of sp³-hybridized carbons (Fsp3) is 0.462. The molecule has 0 spiro atoms. The van der Waals surface area contributed by atoms with Crippen LogP contribution in [-0.2, 0) is 9.47 Å². The molecule has 1 heterocycles. The van der Waals surface area contributed by atoms with Gasteiger partial charge in [-0.15, -0.1) is 0 Å². The summed E-state index contributed by atoms with van der Waals surface area (Å²) >= 11 is 0. The number of methoxy groups -OCH3 is 1. The van der Waals surface area contributed by atoms with E-state index in [4.69, 9.17) is 9.47 Å². The number of hydrogen-bond acceptors (Lipinski definition) is 3. The highest BCUT2D eigenvalue weighted by Gasteiger charge is 2.28. The summed E-state index contributed by atoms with van der Waals surface area (Å²) < 4.78 is 23.5. The Bertz CT molecular complexity index is 422. The van der Waals surface area contributed by atoms with E-state index in [1.54, 1.807) is 18.1 Å². The van der Waals surface area contributed by atoms with Gasteiger partial charge in [0, 0.05) is 19.2 Å². The first-order valence-electron chi connectivity index (χ1n) is 5.85. The molecule has 0 saturated carbocycles. The number of ether oxygens (including phenoxy) is 2. The highest BCUT2D eigenvalue weighted by Crippen LogP contribution is 2.13. The topological polar surface area (TPSA) is 38.8 Å². The van der Waals surface area contributed by atoms with Crippen molar-refractivity contribution in [3.63, 3.8) is 0 Å². The standard InChI is InChI=1S/C13H16FNO3/c1-17-8-12-9-18-6-5-15(12)13(16)10-3-2-4-11(14)7-10/h2-4,7,12H,5-6,8-9H2,1H3. The number of halogens is 1. The number of hydrogen-bond donors (Lipinski definition) is 0. The Labute approximate surface area is 105 Å². The first-order chi connectivity index (χ1) is 8.72. The lowest BCUT2D eigenvalue weighted by Crippen LogP contribution is -2.50. The average molecular weight is 253 g/mol. The van der Waals surface area contributed by atoms with Crippen LogP contribution in [0, 0.1) is 5.82 Å². The minimum Gasteiger partial charge on any atom is -0.382 e. The van der Waals surface area contributed by atoms with Gasteiger partial charge in [0.15, 0.2) is 0 Å². The molecule has 1 atom stereocenters. The predicted molar refractivity (Wildman–Crippen MR) is 63.9 cm³/mol. The van der Waals surface area contributed by atoms with Crippen molar-refractivity contribution in [2.45, 2.75) is 6.04 Å². The van der Waals surface area contributed by atoms with E-state index in [0.717, 1.165) is 0 Å². The average Bonchev–Trinajstić information content (AvgIpc) is 2.39. The molecule has 1 amide bonds. The first kappa shape index (κ1) is 13.0. The normalized spacial score (nSPS) is 19.9. The number of amides is 1. The van der Waals surface area contributed by atoms with Crippen LogP contribution in [0.25, 0.3) is 0 Å². The van der Waals surface area contributed by atoms with Crippen LogP contribution in [0.5, 0.6) is 0 Å².